The molecular formula is C15H21N3O3. The van der Waals surface area contributed by atoms with Crippen LogP contribution in [0.4, 0.5) is 5.69 Å². The molecule has 0 spiro atoms. The van der Waals surface area contributed by atoms with Crippen LogP contribution in [-0.2, 0) is 4.79 Å². The van der Waals surface area contributed by atoms with Crippen molar-refractivity contribution in [2.45, 2.75) is 32.6 Å². The molecule has 0 saturated carbocycles. The number of aromatic carboxylic acids is 1. The SMILES string of the molecule is CCCC1(C(=O)Nc2cncc(C(=O)O)c2)CCCNC1. The average molecular weight is 291 g/mol. The van der Waals surface area contributed by atoms with Crippen LogP contribution in [0.3, 0.4) is 0 Å². The largest absolute Gasteiger partial charge is 0.478 e. The molecule has 1 fully saturated rings. The van der Waals surface area contributed by atoms with Gasteiger partial charge in [0.1, 0.15) is 0 Å². The van der Waals surface area contributed by atoms with Gasteiger partial charge in [0, 0.05) is 12.7 Å². The Labute approximate surface area is 124 Å². The normalized spacial score (nSPS) is 21.8. The van der Waals surface area contributed by atoms with Crippen molar-refractivity contribution in [2.24, 2.45) is 5.41 Å². The van der Waals surface area contributed by atoms with Gasteiger partial charge in [0.2, 0.25) is 5.91 Å². The minimum atomic E-state index is -1.05. The maximum absolute atomic E-state index is 12.6. The molecule has 1 saturated heterocycles. The second-order valence-corrected chi connectivity index (χ2v) is 5.53. The standard InChI is InChI=1S/C15H21N3O3/c1-2-4-15(5-3-6-16-10-15)14(21)18-12-7-11(13(19)20)8-17-9-12/h7-9,16H,2-6,10H2,1H3,(H,18,21)(H,19,20). The predicted octanol–water partition coefficient (Wildman–Crippen LogP) is 1.89. The van der Waals surface area contributed by atoms with Crippen molar-refractivity contribution in [3.63, 3.8) is 0 Å². The highest BCUT2D eigenvalue weighted by Crippen LogP contribution is 2.33. The highest BCUT2D eigenvalue weighted by atomic mass is 16.4. The van der Waals surface area contributed by atoms with Crippen molar-refractivity contribution < 1.29 is 14.7 Å². The lowest BCUT2D eigenvalue weighted by Gasteiger charge is -2.36. The second-order valence-electron chi connectivity index (χ2n) is 5.53. The van der Waals surface area contributed by atoms with E-state index in [0.717, 1.165) is 32.2 Å². The predicted molar refractivity (Wildman–Crippen MR) is 79.3 cm³/mol. The van der Waals surface area contributed by atoms with Crippen LogP contribution in [0.1, 0.15) is 43.0 Å². The Balaban J connectivity index is 2.15. The molecule has 21 heavy (non-hydrogen) atoms. The number of nitrogens with zero attached hydrogens (tertiary/aromatic N) is 1. The van der Waals surface area contributed by atoms with Gasteiger partial charge in [-0.25, -0.2) is 4.79 Å². The van der Waals surface area contributed by atoms with E-state index >= 15 is 0 Å². The number of aromatic nitrogens is 1. The first kappa shape index (κ1) is 15.4. The van der Waals surface area contributed by atoms with E-state index in [1.807, 2.05) is 0 Å². The van der Waals surface area contributed by atoms with Gasteiger partial charge in [-0.2, -0.15) is 0 Å². The Kier molecular flexibility index (Phi) is 4.90. The van der Waals surface area contributed by atoms with Crippen LogP contribution < -0.4 is 10.6 Å². The monoisotopic (exact) mass is 291 g/mol. The van der Waals surface area contributed by atoms with Crippen molar-refractivity contribution in [3.8, 4) is 0 Å². The summed E-state index contributed by atoms with van der Waals surface area (Å²) in [6.45, 7) is 3.67. The number of rotatable bonds is 5. The number of amides is 1. The Bertz CT molecular complexity index is 519. The number of anilines is 1. The Morgan fingerprint density at radius 2 is 2.29 bits per heavy atom. The van der Waals surface area contributed by atoms with Crippen LogP contribution in [-0.4, -0.2) is 35.1 Å². The van der Waals surface area contributed by atoms with E-state index in [-0.39, 0.29) is 11.5 Å². The number of carboxylic acids is 1. The first-order valence-corrected chi connectivity index (χ1v) is 7.28. The first-order chi connectivity index (χ1) is 10.1. The lowest BCUT2D eigenvalue weighted by Crippen LogP contribution is -2.48. The second kappa shape index (κ2) is 6.67. The minimum Gasteiger partial charge on any atom is -0.478 e. The van der Waals surface area contributed by atoms with Gasteiger partial charge in [-0.15, -0.1) is 0 Å². The maximum Gasteiger partial charge on any atom is 0.337 e. The smallest absolute Gasteiger partial charge is 0.337 e. The highest BCUT2D eigenvalue weighted by molar-refractivity contribution is 5.97. The summed E-state index contributed by atoms with van der Waals surface area (Å²) in [4.78, 5) is 27.4. The van der Waals surface area contributed by atoms with Crippen LogP contribution >= 0.6 is 0 Å². The molecule has 2 heterocycles. The molecule has 0 bridgehead atoms. The van der Waals surface area contributed by atoms with E-state index in [2.05, 4.69) is 22.5 Å². The van der Waals surface area contributed by atoms with Crippen LogP contribution in [0.2, 0.25) is 0 Å². The summed E-state index contributed by atoms with van der Waals surface area (Å²) in [5.74, 6) is -1.11. The zero-order valence-corrected chi connectivity index (χ0v) is 12.2. The molecule has 1 unspecified atom stereocenters. The van der Waals surface area contributed by atoms with Gasteiger partial charge in [-0.1, -0.05) is 13.3 Å². The van der Waals surface area contributed by atoms with E-state index in [1.165, 1.54) is 18.5 Å². The highest BCUT2D eigenvalue weighted by Gasteiger charge is 2.38. The Hall–Kier alpha value is -1.95. The number of nitrogens with one attached hydrogen (secondary N) is 2. The summed E-state index contributed by atoms with van der Waals surface area (Å²) in [5.41, 5.74) is 0.0896. The summed E-state index contributed by atoms with van der Waals surface area (Å²) in [7, 11) is 0. The lowest BCUT2D eigenvalue weighted by molar-refractivity contribution is -0.127. The molecule has 3 N–H and O–H groups in total. The third-order valence-corrected chi connectivity index (χ3v) is 3.93. The molecule has 1 aliphatic heterocycles. The molecule has 1 aliphatic rings. The lowest BCUT2D eigenvalue weighted by atomic mass is 9.76. The van der Waals surface area contributed by atoms with Gasteiger partial charge in [0.15, 0.2) is 0 Å². The molecular weight excluding hydrogens is 270 g/mol. The van der Waals surface area contributed by atoms with Crippen molar-refractivity contribution in [1.82, 2.24) is 10.3 Å². The van der Waals surface area contributed by atoms with Gasteiger partial charge in [0.05, 0.1) is 22.9 Å². The fourth-order valence-corrected chi connectivity index (χ4v) is 2.86. The van der Waals surface area contributed by atoms with Crippen LogP contribution in [0, 0.1) is 5.41 Å². The Morgan fingerprint density at radius 1 is 1.48 bits per heavy atom. The van der Waals surface area contributed by atoms with Crippen molar-refractivity contribution in [3.05, 3.63) is 24.0 Å². The van der Waals surface area contributed by atoms with Gasteiger partial charge >= 0.3 is 5.97 Å². The fraction of sp³-hybridized carbons (Fsp3) is 0.533. The number of carbonyl (C=O) groups is 2. The molecule has 6 heteroatoms. The molecule has 2 rings (SSSR count). The molecule has 0 aromatic carbocycles. The molecule has 0 radical (unpaired) electrons. The molecule has 114 valence electrons. The van der Waals surface area contributed by atoms with Crippen LogP contribution in [0.25, 0.3) is 0 Å². The van der Waals surface area contributed by atoms with Crippen molar-refractivity contribution >= 4 is 17.6 Å². The average Bonchev–Trinajstić information content (AvgIpc) is 2.48. The summed E-state index contributed by atoms with van der Waals surface area (Å²) < 4.78 is 0. The number of hydrogen-bond donors (Lipinski definition) is 3. The number of carboxylic acid groups (broad SMARTS) is 1. The summed E-state index contributed by atoms with van der Waals surface area (Å²) in [5, 5.41) is 15.1. The Morgan fingerprint density at radius 3 is 2.90 bits per heavy atom. The topological polar surface area (TPSA) is 91.3 Å². The minimum absolute atomic E-state index is 0.0547. The third-order valence-electron chi connectivity index (χ3n) is 3.93. The summed E-state index contributed by atoms with van der Waals surface area (Å²) >= 11 is 0. The molecule has 1 aromatic heterocycles. The third kappa shape index (κ3) is 3.58. The zero-order chi connectivity index (χ0) is 15.3. The van der Waals surface area contributed by atoms with E-state index in [4.69, 9.17) is 5.11 Å². The number of carbonyl (C=O) groups excluding carboxylic acids is 1. The van der Waals surface area contributed by atoms with Crippen LogP contribution in [0.15, 0.2) is 18.5 Å². The molecule has 6 nitrogen and oxygen atoms in total. The molecule has 1 amide bonds. The van der Waals surface area contributed by atoms with E-state index in [0.29, 0.717) is 12.2 Å². The fourth-order valence-electron chi connectivity index (χ4n) is 2.86. The number of piperidine rings is 1. The van der Waals surface area contributed by atoms with Crippen molar-refractivity contribution in [2.75, 3.05) is 18.4 Å². The molecule has 1 aromatic rings. The van der Waals surface area contributed by atoms with Crippen molar-refractivity contribution in [1.29, 1.82) is 0 Å². The van der Waals surface area contributed by atoms with E-state index < -0.39 is 11.4 Å². The maximum atomic E-state index is 12.6. The molecule has 0 aliphatic carbocycles. The quantitative estimate of drug-likeness (QED) is 0.770. The van der Waals surface area contributed by atoms with E-state index in [1.54, 1.807) is 0 Å². The summed E-state index contributed by atoms with van der Waals surface area (Å²) in [6, 6.07) is 1.43. The number of hydrogen-bond acceptors (Lipinski definition) is 4. The van der Waals surface area contributed by atoms with Gasteiger partial charge in [-0.05, 0) is 31.9 Å². The van der Waals surface area contributed by atoms with Gasteiger partial charge in [0.25, 0.3) is 0 Å². The van der Waals surface area contributed by atoms with Gasteiger partial charge < -0.3 is 15.7 Å². The van der Waals surface area contributed by atoms with Crippen LogP contribution in [0.5, 0.6) is 0 Å². The summed E-state index contributed by atoms with van der Waals surface area (Å²) in [6.07, 6.45) is 6.31. The van der Waals surface area contributed by atoms with Gasteiger partial charge in [-0.3, -0.25) is 9.78 Å². The zero-order valence-electron chi connectivity index (χ0n) is 12.2. The number of pyridine rings is 1. The first-order valence-electron chi connectivity index (χ1n) is 7.28. The molecule has 1 atom stereocenters. The van der Waals surface area contributed by atoms with E-state index in [9.17, 15) is 9.59 Å².